The lowest BCUT2D eigenvalue weighted by atomic mass is 9.98. The number of benzene rings is 1. The summed E-state index contributed by atoms with van der Waals surface area (Å²) < 4.78 is 97.8. The third-order valence-electron chi connectivity index (χ3n) is 3.50. The van der Waals surface area contributed by atoms with Gasteiger partial charge in [0.15, 0.2) is 0 Å². The first kappa shape index (κ1) is 21.3. The highest BCUT2D eigenvalue weighted by atomic mass is 32.2. The maximum atomic E-state index is 13.3. The van der Waals surface area contributed by atoms with Gasteiger partial charge in [-0.05, 0) is 30.0 Å². The zero-order chi connectivity index (χ0) is 19.6. The van der Waals surface area contributed by atoms with Crippen LogP contribution >= 0.6 is 0 Å². The summed E-state index contributed by atoms with van der Waals surface area (Å²) in [5.74, 6) is -1.71. The SMILES string of the molecule is CCC(C)c1ccc(C(=O)OC(C(F)(F)F)C(F)(F)S(=O)(=O)O)cc1. The molecule has 11 heteroatoms. The predicted molar refractivity (Wildman–Crippen MR) is 76.9 cm³/mol. The van der Waals surface area contributed by atoms with Gasteiger partial charge in [0, 0.05) is 0 Å². The van der Waals surface area contributed by atoms with Crippen LogP contribution in [-0.4, -0.2) is 36.5 Å². The van der Waals surface area contributed by atoms with Crippen LogP contribution < -0.4 is 0 Å². The number of hydrogen-bond acceptors (Lipinski definition) is 4. The van der Waals surface area contributed by atoms with E-state index in [4.69, 9.17) is 4.55 Å². The molecule has 1 rings (SSSR count). The molecule has 1 aromatic carbocycles. The van der Waals surface area contributed by atoms with Crippen molar-refractivity contribution in [3.63, 3.8) is 0 Å². The molecule has 2 atom stereocenters. The van der Waals surface area contributed by atoms with Crippen LogP contribution in [0.5, 0.6) is 0 Å². The molecule has 0 saturated carbocycles. The van der Waals surface area contributed by atoms with Crippen LogP contribution in [0.25, 0.3) is 0 Å². The van der Waals surface area contributed by atoms with Gasteiger partial charge in [0.05, 0.1) is 5.56 Å². The molecule has 0 amide bonds. The molecule has 0 saturated heterocycles. The van der Waals surface area contributed by atoms with Crippen LogP contribution in [0.3, 0.4) is 0 Å². The molecule has 142 valence electrons. The number of carbonyl (C=O) groups excluding carboxylic acids is 1. The van der Waals surface area contributed by atoms with Crippen LogP contribution in [0.15, 0.2) is 24.3 Å². The highest BCUT2D eigenvalue weighted by molar-refractivity contribution is 7.86. The number of halogens is 5. The van der Waals surface area contributed by atoms with E-state index in [0.29, 0.717) is 0 Å². The standard InChI is InChI=1S/C14H15F5O5S/c1-3-8(2)9-4-6-10(7-5-9)11(20)24-12(13(15,16)17)14(18,19)25(21,22)23/h4-8,12H,3H2,1-2H3,(H,21,22,23). The summed E-state index contributed by atoms with van der Waals surface area (Å²) in [5.41, 5.74) is 0.280. The van der Waals surface area contributed by atoms with E-state index in [-0.39, 0.29) is 5.92 Å². The van der Waals surface area contributed by atoms with Gasteiger partial charge in [-0.25, -0.2) is 4.79 Å². The Kier molecular flexibility index (Phi) is 6.17. The summed E-state index contributed by atoms with van der Waals surface area (Å²) in [6.45, 7) is 3.75. The van der Waals surface area contributed by atoms with Gasteiger partial charge in [0.25, 0.3) is 6.10 Å². The summed E-state index contributed by atoms with van der Waals surface area (Å²) in [6, 6.07) is 4.97. The van der Waals surface area contributed by atoms with Gasteiger partial charge >= 0.3 is 27.5 Å². The van der Waals surface area contributed by atoms with Gasteiger partial charge in [-0.15, -0.1) is 0 Å². The van der Waals surface area contributed by atoms with Gasteiger partial charge in [-0.1, -0.05) is 26.0 Å². The van der Waals surface area contributed by atoms with Crippen LogP contribution in [0.4, 0.5) is 22.0 Å². The first-order chi connectivity index (χ1) is 11.2. The van der Waals surface area contributed by atoms with Crippen LogP contribution in [0, 0.1) is 0 Å². The lowest BCUT2D eigenvalue weighted by Crippen LogP contribution is -2.52. The maximum Gasteiger partial charge on any atom is 0.432 e. The summed E-state index contributed by atoms with van der Waals surface area (Å²) in [7, 11) is -6.46. The number of hydrogen-bond donors (Lipinski definition) is 1. The molecule has 0 spiro atoms. The van der Waals surface area contributed by atoms with Crippen molar-refractivity contribution in [1.29, 1.82) is 0 Å². The fraction of sp³-hybridized carbons (Fsp3) is 0.500. The van der Waals surface area contributed by atoms with Crippen molar-refractivity contribution in [3.8, 4) is 0 Å². The Morgan fingerprint density at radius 1 is 1.16 bits per heavy atom. The summed E-state index contributed by atoms with van der Waals surface area (Å²) in [6.07, 6.45) is -9.52. The van der Waals surface area contributed by atoms with E-state index in [1.807, 2.05) is 13.8 Å². The van der Waals surface area contributed by atoms with E-state index in [0.717, 1.165) is 24.1 Å². The molecule has 0 heterocycles. The fourth-order valence-electron chi connectivity index (χ4n) is 1.82. The highest BCUT2D eigenvalue weighted by Crippen LogP contribution is 2.38. The van der Waals surface area contributed by atoms with E-state index in [1.54, 1.807) is 0 Å². The lowest BCUT2D eigenvalue weighted by Gasteiger charge is -2.26. The normalized spacial score (nSPS) is 15.5. The molecular weight excluding hydrogens is 375 g/mol. The average Bonchev–Trinajstić information content (AvgIpc) is 2.49. The molecule has 1 aromatic rings. The van der Waals surface area contributed by atoms with Gasteiger partial charge < -0.3 is 4.74 Å². The molecule has 0 bridgehead atoms. The lowest BCUT2D eigenvalue weighted by molar-refractivity contribution is -0.248. The van der Waals surface area contributed by atoms with Gasteiger partial charge in [-0.2, -0.15) is 30.4 Å². The molecule has 0 aliphatic rings. The third kappa shape index (κ3) is 4.88. The minimum atomic E-state index is -6.46. The van der Waals surface area contributed by atoms with Crippen molar-refractivity contribution in [2.45, 2.75) is 43.7 Å². The van der Waals surface area contributed by atoms with Crippen LogP contribution in [-0.2, 0) is 14.9 Å². The smallest absolute Gasteiger partial charge is 0.432 e. The predicted octanol–water partition coefficient (Wildman–Crippen LogP) is 3.77. The van der Waals surface area contributed by atoms with Crippen LogP contribution in [0.2, 0.25) is 0 Å². The molecule has 0 fully saturated rings. The topological polar surface area (TPSA) is 80.7 Å². The van der Waals surface area contributed by atoms with Crippen molar-refractivity contribution >= 4 is 16.1 Å². The Bertz CT molecular complexity index is 712. The molecule has 25 heavy (non-hydrogen) atoms. The van der Waals surface area contributed by atoms with Crippen molar-refractivity contribution in [3.05, 3.63) is 35.4 Å². The second-order valence-corrected chi connectivity index (χ2v) is 6.79. The molecule has 0 radical (unpaired) electrons. The Hall–Kier alpha value is -1.75. The Morgan fingerprint density at radius 3 is 2.00 bits per heavy atom. The van der Waals surface area contributed by atoms with E-state index in [2.05, 4.69) is 4.74 Å². The molecule has 0 aliphatic carbocycles. The van der Waals surface area contributed by atoms with Crippen molar-refractivity contribution in [2.75, 3.05) is 0 Å². The zero-order valence-electron chi connectivity index (χ0n) is 13.0. The summed E-state index contributed by atoms with van der Waals surface area (Å²) in [4.78, 5) is 11.7. The molecule has 1 N–H and O–H groups in total. The number of rotatable bonds is 6. The van der Waals surface area contributed by atoms with Gasteiger partial charge in [-0.3, -0.25) is 4.55 Å². The van der Waals surface area contributed by atoms with Crippen molar-refractivity contribution in [1.82, 2.24) is 0 Å². The highest BCUT2D eigenvalue weighted by Gasteiger charge is 2.66. The molecular formula is C14H15F5O5S. The average molecular weight is 390 g/mol. The Balaban J connectivity index is 3.12. The number of alkyl halides is 5. The van der Waals surface area contributed by atoms with E-state index < -0.39 is 39.2 Å². The van der Waals surface area contributed by atoms with Gasteiger partial charge in [0.1, 0.15) is 0 Å². The number of ether oxygens (including phenoxy) is 1. The third-order valence-corrected chi connectivity index (χ3v) is 4.40. The van der Waals surface area contributed by atoms with E-state index in [1.165, 1.54) is 12.1 Å². The van der Waals surface area contributed by atoms with Gasteiger partial charge in [0.2, 0.25) is 0 Å². The van der Waals surface area contributed by atoms with Crippen molar-refractivity contribution < 1.29 is 44.5 Å². The van der Waals surface area contributed by atoms with Crippen molar-refractivity contribution in [2.24, 2.45) is 0 Å². The fourth-order valence-corrected chi connectivity index (χ4v) is 2.27. The molecule has 2 unspecified atom stereocenters. The quantitative estimate of drug-likeness (QED) is 0.454. The largest absolute Gasteiger partial charge is 0.441 e. The zero-order valence-corrected chi connectivity index (χ0v) is 13.9. The Labute approximate surface area is 140 Å². The van der Waals surface area contributed by atoms with Crippen LogP contribution in [0.1, 0.15) is 42.1 Å². The Morgan fingerprint density at radius 2 is 1.64 bits per heavy atom. The molecule has 5 nitrogen and oxygen atoms in total. The second kappa shape index (κ2) is 7.24. The number of carbonyl (C=O) groups is 1. The first-order valence-electron chi connectivity index (χ1n) is 6.94. The van der Waals surface area contributed by atoms with E-state index >= 15 is 0 Å². The first-order valence-corrected chi connectivity index (χ1v) is 8.38. The minimum absolute atomic E-state index is 0.0943. The summed E-state index contributed by atoms with van der Waals surface area (Å²) in [5, 5.41) is -5.75. The summed E-state index contributed by atoms with van der Waals surface area (Å²) >= 11 is 0. The maximum absolute atomic E-state index is 13.3. The second-order valence-electron chi connectivity index (χ2n) is 5.30. The minimum Gasteiger partial charge on any atom is -0.441 e. The number of esters is 1. The molecule has 0 aromatic heterocycles. The molecule has 0 aliphatic heterocycles. The van der Waals surface area contributed by atoms with E-state index in [9.17, 15) is 35.2 Å². The monoisotopic (exact) mass is 390 g/mol.